The fourth-order valence-corrected chi connectivity index (χ4v) is 4.31. The number of carbonyl (C=O) groups excluding carboxylic acids is 1. The van der Waals surface area contributed by atoms with Crippen LogP contribution in [0.4, 0.5) is 0 Å². The standard InChI is InChI=1S/C28H36N2O2/c1-5-32-28(31)25(21(2)3)19-13-8-14-20-30-22(4)29-26(23-15-9-6-10-16-23)27(30)24-17-11-7-12-18-24/h6-7,9-12,15-18,21,25H,5,8,13-14,19-20H2,1-4H3. The van der Waals surface area contributed by atoms with Crippen LogP contribution in [0, 0.1) is 18.8 Å². The van der Waals surface area contributed by atoms with E-state index in [1.165, 1.54) is 11.3 Å². The number of imidazole rings is 1. The molecule has 0 amide bonds. The van der Waals surface area contributed by atoms with Gasteiger partial charge in [0.05, 0.1) is 23.9 Å². The highest BCUT2D eigenvalue weighted by atomic mass is 16.5. The third kappa shape index (κ3) is 5.87. The van der Waals surface area contributed by atoms with E-state index >= 15 is 0 Å². The van der Waals surface area contributed by atoms with Gasteiger partial charge in [-0.05, 0) is 32.6 Å². The van der Waals surface area contributed by atoms with Crippen molar-refractivity contribution < 1.29 is 9.53 Å². The summed E-state index contributed by atoms with van der Waals surface area (Å²) in [6.07, 6.45) is 4.05. The molecule has 0 aliphatic rings. The van der Waals surface area contributed by atoms with Crippen molar-refractivity contribution in [2.24, 2.45) is 11.8 Å². The lowest BCUT2D eigenvalue weighted by atomic mass is 9.90. The molecule has 0 bridgehead atoms. The number of rotatable bonds is 11. The zero-order valence-corrected chi connectivity index (χ0v) is 19.9. The lowest BCUT2D eigenvalue weighted by Crippen LogP contribution is -2.22. The average molecular weight is 433 g/mol. The van der Waals surface area contributed by atoms with Gasteiger partial charge in [-0.1, -0.05) is 87.4 Å². The molecule has 32 heavy (non-hydrogen) atoms. The molecule has 1 atom stereocenters. The molecular weight excluding hydrogens is 396 g/mol. The number of hydrogen-bond donors (Lipinski definition) is 0. The van der Waals surface area contributed by atoms with Crippen LogP contribution in [0.3, 0.4) is 0 Å². The van der Waals surface area contributed by atoms with Crippen LogP contribution in [0.5, 0.6) is 0 Å². The Kier molecular flexibility index (Phi) is 8.66. The van der Waals surface area contributed by atoms with Gasteiger partial charge in [-0.3, -0.25) is 4.79 Å². The molecule has 0 radical (unpaired) electrons. The van der Waals surface area contributed by atoms with Crippen LogP contribution < -0.4 is 0 Å². The molecule has 0 saturated heterocycles. The molecule has 2 aromatic carbocycles. The molecule has 4 heteroatoms. The molecule has 0 aliphatic carbocycles. The predicted molar refractivity (Wildman–Crippen MR) is 131 cm³/mol. The lowest BCUT2D eigenvalue weighted by molar-refractivity contribution is -0.149. The van der Waals surface area contributed by atoms with Crippen LogP contribution in [0.25, 0.3) is 22.5 Å². The molecule has 170 valence electrons. The van der Waals surface area contributed by atoms with E-state index in [1.54, 1.807) is 0 Å². The molecule has 0 N–H and O–H groups in total. The molecule has 1 unspecified atom stereocenters. The van der Waals surface area contributed by atoms with Gasteiger partial charge in [-0.25, -0.2) is 4.98 Å². The molecule has 1 heterocycles. The van der Waals surface area contributed by atoms with Gasteiger partial charge in [0.2, 0.25) is 0 Å². The van der Waals surface area contributed by atoms with Gasteiger partial charge in [-0.15, -0.1) is 0 Å². The van der Waals surface area contributed by atoms with E-state index in [-0.39, 0.29) is 11.9 Å². The summed E-state index contributed by atoms with van der Waals surface area (Å²) in [7, 11) is 0. The summed E-state index contributed by atoms with van der Waals surface area (Å²) in [5.41, 5.74) is 4.55. The third-order valence-corrected chi connectivity index (χ3v) is 6.04. The van der Waals surface area contributed by atoms with Gasteiger partial charge >= 0.3 is 5.97 Å². The Morgan fingerprint density at radius 2 is 1.56 bits per heavy atom. The van der Waals surface area contributed by atoms with E-state index < -0.39 is 0 Å². The number of carbonyl (C=O) groups is 1. The second-order valence-corrected chi connectivity index (χ2v) is 8.69. The smallest absolute Gasteiger partial charge is 0.309 e. The first-order chi connectivity index (χ1) is 15.5. The highest BCUT2D eigenvalue weighted by Gasteiger charge is 2.23. The molecule has 0 fully saturated rings. The average Bonchev–Trinajstić information content (AvgIpc) is 3.13. The van der Waals surface area contributed by atoms with Crippen molar-refractivity contribution in [2.75, 3.05) is 6.61 Å². The fraction of sp³-hybridized carbons (Fsp3) is 0.429. The van der Waals surface area contributed by atoms with Crippen LogP contribution in [0.15, 0.2) is 60.7 Å². The fourth-order valence-electron chi connectivity index (χ4n) is 4.31. The Balaban J connectivity index is 1.72. The molecule has 0 aliphatic heterocycles. The molecular formula is C28H36N2O2. The monoisotopic (exact) mass is 432 g/mol. The van der Waals surface area contributed by atoms with E-state index in [9.17, 15) is 4.79 Å². The molecule has 0 saturated carbocycles. The summed E-state index contributed by atoms with van der Waals surface area (Å²) in [6.45, 7) is 9.54. The zero-order valence-electron chi connectivity index (χ0n) is 19.9. The highest BCUT2D eigenvalue weighted by Crippen LogP contribution is 2.33. The van der Waals surface area contributed by atoms with E-state index in [0.717, 1.165) is 49.3 Å². The summed E-state index contributed by atoms with van der Waals surface area (Å²) in [5.74, 6) is 1.29. The Bertz CT molecular complexity index is 977. The van der Waals surface area contributed by atoms with Crippen molar-refractivity contribution in [3.8, 4) is 22.5 Å². The largest absolute Gasteiger partial charge is 0.466 e. The topological polar surface area (TPSA) is 44.1 Å². The number of aryl methyl sites for hydroxylation is 1. The molecule has 4 nitrogen and oxygen atoms in total. The van der Waals surface area contributed by atoms with Gasteiger partial charge in [0, 0.05) is 17.7 Å². The van der Waals surface area contributed by atoms with Crippen molar-refractivity contribution in [2.45, 2.75) is 59.9 Å². The maximum atomic E-state index is 12.2. The second-order valence-electron chi connectivity index (χ2n) is 8.69. The maximum Gasteiger partial charge on any atom is 0.309 e. The molecule has 0 spiro atoms. The number of aromatic nitrogens is 2. The number of unbranched alkanes of at least 4 members (excludes halogenated alkanes) is 2. The van der Waals surface area contributed by atoms with Crippen molar-refractivity contribution in [3.63, 3.8) is 0 Å². The van der Waals surface area contributed by atoms with Crippen LogP contribution in [-0.2, 0) is 16.1 Å². The van der Waals surface area contributed by atoms with Crippen LogP contribution >= 0.6 is 0 Å². The van der Waals surface area contributed by atoms with Crippen molar-refractivity contribution in [1.82, 2.24) is 9.55 Å². The van der Waals surface area contributed by atoms with Gasteiger partial charge < -0.3 is 9.30 Å². The van der Waals surface area contributed by atoms with Crippen molar-refractivity contribution in [3.05, 3.63) is 66.5 Å². The summed E-state index contributed by atoms with van der Waals surface area (Å²) in [5, 5.41) is 0. The summed E-state index contributed by atoms with van der Waals surface area (Å²) >= 11 is 0. The van der Waals surface area contributed by atoms with Crippen LogP contribution in [0.1, 0.15) is 52.3 Å². The van der Waals surface area contributed by atoms with Crippen molar-refractivity contribution in [1.29, 1.82) is 0 Å². The molecule has 3 aromatic rings. The zero-order chi connectivity index (χ0) is 22.9. The van der Waals surface area contributed by atoms with Gasteiger partial charge in [0.15, 0.2) is 0 Å². The maximum absolute atomic E-state index is 12.2. The minimum Gasteiger partial charge on any atom is -0.466 e. The third-order valence-electron chi connectivity index (χ3n) is 6.04. The predicted octanol–water partition coefficient (Wildman–Crippen LogP) is 6.92. The first-order valence-corrected chi connectivity index (χ1v) is 11.9. The van der Waals surface area contributed by atoms with E-state index in [1.807, 2.05) is 19.1 Å². The number of ether oxygens (including phenoxy) is 1. The first kappa shape index (κ1) is 23.8. The SMILES string of the molecule is CCOC(=O)C(CCCCCn1c(C)nc(-c2ccccc2)c1-c1ccccc1)C(C)C. The molecule has 3 rings (SSSR count). The summed E-state index contributed by atoms with van der Waals surface area (Å²) in [6, 6.07) is 20.9. The number of esters is 1. The number of benzene rings is 2. The Morgan fingerprint density at radius 1 is 0.938 bits per heavy atom. The van der Waals surface area contributed by atoms with Crippen molar-refractivity contribution >= 4 is 5.97 Å². The van der Waals surface area contributed by atoms with E-state index in [2.05, 4.69) is 73.9 Å². The molecule has 1 aromatic heterocycles. The quantitative estimate of drug-likeness (QED) is 0.244. The van der Waals surface area contributed by atoms with Gasteiger partial charge in [-0.2, -0.15) is 0 Å². The normalized spacial score (nSPS) is 12.2. The Morgan fingerprint density at radius 3 is 2.16 bits per heavy atom. The van der Waals surface area contributed by atoms with E-state index in [4.69, 9.17) is 9.72 Å². The van der Waals surface area contributed by atoms with Crippen LogP contribution in [-0.4, -0.2) is 22.1 Å². The summed E-state index contributed by atoms with van der Waals surface area (Å²) < 4.78 is 7.62. The minimum atomic E-state index is -0.0492. The highest BCUT2D eigenvalue weighted by molar-refractivity contribution is 5.79. The minimum absolute atomic E-state index is 0.00510. The van der Waals surface area contributed by atoms with Gasteiger partial charge in [0.1, 0.15) is 5.82 Å². The second kappa shape index (κ2) is 11.7. The number of hydrogen-bond acceptors (Lipinski definition) is 3. The Labute approximate surface area is 192 Å². The van der Waals surface area contributed by atoms with Gasteiger partial charge in [0.25, 0.3) is 0 Å². The number of nitrogens with zero attached hydrogens (tertiary/aromatic N) is 2. The first-order valence-electron chi connectivity index (χ1n) is 11.9. The van der Waals surface area contributed by atoms with E-state index in [0.29, 0.717) is 12.5 Å². The Hall–Kier alpha value is -2.88. The summed E-state index contributed by atoms with van der Waals surface area (Å²) in [4.78, 5) is 17.2. The lowest BCUT2D eigenvalue weighted by Gasteiger charge is -2.19. The van der Waals surface area contributed by atoms with Crippen LogP contribution in [0.2, 0.25) is 0 Å².